The Kier molecular flexibility index (Phi) is 4.62. The molecule has 5 heteroatoms. The molecule has 1 amide bonds. The van der Waals surface area contributed by atoms with Gasteiger partial charge >= 0.3 is 0 Å². The van der Waals surface area contributed by atoms with Gasteiger partial charge in [0.2, 0.25) is 5.91 Å². The summed E-state index contributed by atoms with van der Waals surface area (Å²) in [5.74, 6) is 0.400. The molecular formula is C25H30FN3O. The van der Waals surface area contributed by atoms with Gasteiger partial charge in [-0.05, 0) is 87.4 Å². The van der Waals surface area contributed by atoms with Gasteiger partial charge in [0, 0.05) is 29.4 Å². The second kappa shape index (κ2) is 7.09. The van der Waals surface area contributed by atoms with Crippen molar-refractivity contribution in [1.82, 2.24) is 4.90 Å². The quantitative estimate of drug-likeness (QED) is 0.785. The lowest BCUT2D eigenvalue weighted by Crippen LogP contribution is -2.34. The molecule has 5 rings (SSSR count). The first kappa shape index (κ1) is 19.6. The third-order valence-electron chi connectivity index (χ3n) is 7.65. The van der Waals surface area contributed by atoms with Crippen molar-refractivity contribution >= 4 is 17.3 Å². The van der Waals surface area contributed by atoms with Gasteiger partial charge < -0.3 is 15.5 Å². The maximum Gasteiger partial charge on any atom is 0.247 e. The van der Waals surface area contributed by atoms with E-state index in [2.05, 4.69) is 41.8 Å². The number of hydrogen-bond acceptors (Lipinski definition) is 3. The number of rotatable bonds is 4. The Bertz CT molecular complexity index is 973. The molecule has 4 unspecified atom stereocenters. The van der Waals surface area contributed by atoms with Gasteiger partial charge in [-0.2, -0.15) is 0 Å². The molecule has 2 fully saturated rings. The summed E-state index contributed by atoms with van der Waals surface area (Å²) in [6.45, 7) is 1.94. The number of carbonyl (C=O) groups is 1. The summed E-state index contributed by atoms with van der Waals surface area (Å²) in [4.78, 5) is 15.3. The first-order valence-electron chi connectivity index (χ1n) is 11.0. The van der Waals surface area contributed by atoms with Crippen LogP contribution in [-0.2, 0) is 16.6 Å². The molecule has 30 heavy (non-hydrogen) atoms. The van der Waals surface area contributed by atoms with E-state index in [-0.39, 0.29) is 11.7 Å². The number of halogens is 1. The third kappa shape index (κ3) is 3.20. The van der Waals surface area contributed by atoms with E-state index >= 15 is 0 Å². The molecule has 2 aromatic carbocycles. The average molecular weight is 408 g/mol. The fraction of sp³-hybridized carbons (Fsp3) is 0.480. The van der Waals surface area contributed by atoms with Gasteiger partial charge in [0.15, 0.2) is 0 Å². The lowest BCUT2D eigenvalue weighted by atomic mass is 9.80. The molecule has 0 aromatic heterocycles. The Morgan fingerprint density at radius 3 is 2.83 bits per heavy atom. The SMILES string of the molecule is Cc1ccc(F)c2c1NC(C(=O)Nc1cccc(C34CCC(N(C)C)CC3C4)c1)C2. The number of amides is 1. The first-order chi connectivity index (χ1) is 14.4. The highest BCUT2D eigenvalue weighted by molar-refractivity contribution is 5.98. The Morgan fingerprint density at radius 2 is 2.10 bits per heavy atom. The maximum atomic E-state index is 14.1. The normalized spacial score (nSPS) is 29.2. The van der Waals surface area contributed by atoms with Crippen LogP contribution in [-0.4, -0.2) is 37.0 Å². The van der Waals surface area contributed by atoms with E-state index in [0.717, 1.165) is 22.9 Å². The van der Waals surface area contributed by atoms with Crippen molar-refractivity contribution in [2.45, 2.75) is 56.5 Å². The molecule has 2 aromatic rings. The van der Waals surface area contributed by atoms with Crippen molar-refractivity contribution in [2.75, 3.05) is 24.7 Å². The molecule has 1 aliphatic heterocycles. The van der Waals surface area contributed by atoms with Crippen molar-refractivity contribution in [2.24, 2.45) is 5.92 Å². The molecule has 0 bridgehead atoms. The predicted octanol–water partition coefficient (Wildman–Crippen LogP) is 4.48. The molecule has 2 saturated carbocycles. The monoisotopic (exact) mass is 407 g/mol. The highest BCUT2D eigenvalue weighted by Crippen LogP contribution is 2.62. The Hall–Kier alpha value is -2.40. The number of aryl methyl sites for hydroxylation is 1. The van der Waals surface area contributed by atoms with Gasteiger partial charge in [0.1, 0.15) is 11.9 Å². The molecule has 0 radical (unpaired) electrons. The minimum absolute atomic E-state index is 0.108. The van der Waals surface area contributed by atoms with Gasteiger partial charge in [0.05, 0.1) is 0 Å². The van der Waals surface area contributed by atoms with Crippen LogP contribution >= 0.6 is 0 Å². The molecule has 0 saturated heterocycles. The summed E-state index contributed by atoms with van der Waals surface area (Å²) in [5.41, 5.74) is 4.84. The van der Waals surface area contributed by atoms with Crippen LogP contribution in [0.4, 0.5) is 15.8 Å². The standard InChI is InChI=1S/C25H30FN3O/c1-15-7-8-21(26)20-13-22(28-23(15)20)24(30)27-18-6-4-5-16(11-18)25-10-9-19(29(2)3)12-17(25)14-25/h4-8,11,17,19,22,28H,9-10,12-14H2,1-3H3,(H,27,30). The zero-order chi connectivity index (χ0) is 21.0. The van der Waals surface area contributed by atoms with Crippen LogP contribution in [0, 0.1) is 18.7 Å². The average Bonchev–Trinajstić information content (AvgIpc) is 3.30. The molecule has 4 nitrogen and oxygen atoms in total. The van der Waals surface area contributed by atoms with Gasteiger partial charge in [-0.3, -0.25) is 4.79 Å². The van der Waals surface area contributed by atoms with E-state index in [9.17, 15) is 9.18 Å². The van der Waals surface area contributed by atoms with Crippen LogP contribution in [0.25, 0.3) is 0 Å². The number of benzene rings is 2. The van der Waals surface area contributed by atoms with E-state index in [1.54, 1.807) is 6.07 Å². The van der Waals surface area contributed by atoms with Crippen LogP contribution in [0.3, 0.4) is 0 Å². The molecule has 3 aliphatic rings. The fourth-order valence-corrected chi connectivity index (χ4v) is 5.70. The van der Waals surface area contributed by atoms with Crippen LogP contribution in [0.5, 0.6) is 0 Å². The zero-order valence-electron chi connectivity index (χ0n) is 18.0. The topological polar surface area (TPSA) is 44.4 Å². The van der Waals surface area contributed by atoms with Crippen molar-refractivity contribution in [1.29, 1.82) is 0 Å². The number of hydrogen-bond donors (Lipinski definition) is 2. The minimum Gasteiger partial charge on any atom is -0.373 e. The summed E-state index contributed by atoms with van der Waals surface area (Å²) in [7, 11) is 4.36. The molecular weight excluding hydrogens is 377 g/mol. The van der Waals surface area contributed by atoms with E-state index in [1.807, 2.05) is 19.1 Å². The Morgan fingerprint density at radius 1 is 1.27 bits per heavy atom. The second-order valence-corrected chi connectivity index (χ2v) is 9.64. The van der Waals surface area contributed by atoms with Crippen LogP contribution < -0.4 is 10.6 Å². The predicted molar refractivity (Wildman–Crippen MR) is 118 cm³/mol. The number of nitrogens with zero attached hydrogens (tertiary/aromatic N) is 1. The molecule has 158 valence electrons. The van der Waals surface area contributed by atoms with E-state index in [4.69, 9.17) is 0 Å². The number of carbonyl (C=O) groups excluding carboxylic acids is 1. The van der Waals surface area contributed by atoms with Crippen molar-refractivity contribution in [3.05, 3.63) is 58.9 Å². The van der Waals surface area contributed by atoms with Gasteiger partial charge in [-0.1, -0.05) is 18.2 Å². The highest BCUT2D eigenvalue weighted by atomic mass is 19.1. The zero-order valence-corrected chi connectivity index (χ0v) is 18.0. The lowest BCUT2D eigenvalue weighted by Gasteiger charge is -2.32. The summed E-state index contributed by atoms with van der Waals surface area (Å²) >= 11 is 0. The number of fused-ring (bicyclic) bond motifs is 2. The minimum atomic E-state index is -0.443. The van der Waals surface area contributed by atoms with E-state index < -0.39 is 6.04 Å². The molecule has 1 heterocycles. The lowest BCUT2D eigenvalue weighted by molar-refractivity contribution is -0.116. The highest BCUT2D eigenvalue weighted by Gasteiger charge is 2.57. The Labute approximate surface area is 177 Å². The second-order valence-electron chi connectivity index (χ2n) is 9.64. The van der Waals surface area contributed by atoms with Gasteiger partial charge in [-0.25, -0.2) is 4.39 Å². The van der Waals surface area contributed by atoms with Crippen molar-refractivity contribution in [3.8, 4) is 0 Å². The fourth-order valence-electron chi connectivity index (χ4n) is 5.70. The largest absolute Gasteiger partial charge is 0.373 e. The summed E-state index contributed by atoms with van der Waals surface area (Å²) in [6.07, 6.45) is 5.35. The van der Waals surface area contributed by atoms with Crippen molar-refractivity contribution in [3.63, 3.8) is 0 Å². The number of anilines is 2. The van der Waals surface area contributed by atoms with Gasteiger partial charge in [0.25, 0.3) is 0 Å². The van der Waals surface area contributed by atoms with E-state index in [0.29, 0.717) is 23.4 Å². The summed E-state index contributed by atoms with van der Waals surface area (Å²) in [6, 6.07) is 11.9. The molecule has 4 atom stereocenters. The van der Waals surface area contributed by atoms with Gasteiger partial charge in [-0.15, -0.1) is 0 Å². The Balaban J connectivity index is 1.28. The summed E-state index contributed by atoms with van der Waals surface area (Å²) in [5, 5.41) is 6.28. The van der Waals surface area contributed by atoms with E-state index in [1.165, 1.54) is 37.3 Å². The van der Waals surface area contributed by atoms with Crippen LogP contribution in [0.15, 0.2) is 36.4 Å². The van der Waals surface area contributed by atoms with Crippen LogP contribution in [0.2, 0.25) is 0 Å². The maximum absolute atomic E-state index is 14.1. The molecule has 2 aliphatic carbocycles. The van der Waals surface area contributed by atoms with Crippen molar-refractivity contribution < 1.29 is 9.18 Å². The van der Waals surface area contributed by atoms with Crippen LogP contribution in [0.1, 0.15) is 42.4 Å². The first-order valence-corrected chi connectivity index (χ1v) is 11.0. The third-order valence-corrected chi connectivity index (χ3v) is 7.65. The number of nitrogens with one attached hydrogen (secondary N) is 2. The smallest absolute Gasteiger partial charge is 0.247 e. The molecule has 2 N–H and O–H groups in total. The summed E-state index contributed by atoms with van der Waals surface area (Å²) < 4.78 is 14.1. The molecule has 0 spiro atoms.